The van der Waals surface area contributed by atoms with Crippen LogP contribution in [0.15, 0.2) is 35.4 Å². The fourth-order valence-corrected chi connectivity index (χ4v) is 3.89. The molecule has 0 radical (unpaired) electrons. The van der Waals surface area contributed by atoms with Gasteiger partial charge in [-0.3, -0.25) is 9.48 Å². The number of pyridine rings is 1. The van der Waals surface area contributed by atoms with Crippen LogP contribution in [-0.4, -0.2) is 29.4 Å². The van der Waals surface area contributed by atoms with E-state index < -0.39 is 15.3 Å². The zero-order chi connectivity index (χ0) is 20.9. The first kappa shape index (κ1) is 19.7. The summed E-state index contributed by atoms with van der Waals surface area (Å²) in [4.78, 5) is 12.5. The van der Waals surface area contributed by atoms with Crippen molar-refractivity contribution < 1.29 is 13.2 Å². The minimum absolute atomic E-state index is 0.147. The smallest absolute Gasteiger partial charge is 0.261 e. The Labute approximate surface area is 168 Å². The largest absolute Gasteiger partial charge is 0.493 e. The summed E-state index contributed by atoms with van der Waals surface area (Å²) in [6.45, 7) is 2.16. The van der Waals surface area contributed by atoms with E-state index in [9.17, 15) is 13.2 Å². The maximum absolute atomic E-state index is 12.5. The second-order valence-corrected chi connectivity index (χ2v) is 9.65. The molecule has 1 aliphatic carbocycles. The van der Waals surface area contributed by atoms with Crippen LogP contribution in [-0.2, 0) is 24.1 Å². The summed E-state index contributed by atoms with van der Waals surface area (Å²) in [5.74, 6) is 1.19. The normalized spacial score (nSPS) is 15.6. The number of nitrogens with zero attached hydrogens (tertiary/aromatic N) is 3. The van der Waals surface area contributed by atoms with Crippen LogP contribution < -0.4 is 15.4 Å². The predicted octanol–water partition coefficient (Wildman–Crippen LogP) is 2.08. The van der Waals surface area contributed by atoms with Gasteiger partial charge in [0.1, 0.15) is 11.3 Å². The fraction of sp³-hybridized carbons (Fsp3) is 0.400. The Bertz CT molecular complexity index is 1260. The lowest BCUT2D eigenvalue weighted by molar-refractivity contribution is 0.301. The highest BCUT2D eigenvalue weighted by Gasteiger charge is 2.25. The van der Waals surface area contributed by atoms with E-state index in [0.717, 1.165) is 12.8 Å². The first-order chi connectivity index (χ1) is 13.6. The van der Waals surface area contributed by atoms with Crippen LogP contribution in [0.5, 0.6) is 5.75 Å². The number of rotatable bonds is 6. The Morgan fingerprint density at radius 3 is 2.62 bits per heavy atom. The van der Waals surface area contributed by atoms with Crippen molar-refractivity contribution in [3.63, 3.8) is 0 Å². The van der Waals surface area contributed by atoms with Gasteiger partial charge >= 0.3 is 0 Å². The summed E-state index contributed by atoms with van der Waals surface area (Å²) in [7, 11) is -0.315. The number of aryl methyl sites for hydroxylation is 2. The summed E-state index contributed by atoms with van der Waals surface area (Å²) in [5.41, 5.74) is 2.35. The number of sulfonamides is 1. The van der Waals surface area contributed by atoms with E-state index in [-0.39, 0.29) is 5.56 Å². The Balaban J connectivity index is 1.93. The second kappa shape index (κ2) is 7.00. The van der Waals surface area contributed by atoms with Crippen LogP contribution in [0.1, 0.15) is 30.6 Å². The third-order valence-corrected chi connectivity index (χ3v) is 6.64. The third-order valence-electron chi connectivity index (χ3n) is 5.38. The van der Waals surface area contributed by atoms with Crippen molar-refractivity contribution in [1.29, 1.82) is 0 Å². The predicted molar refractivity (Wildman–Crippen MR) is 111 cm³/mol. The Hall–Kier alpha value is -2.65. The van der Waals surface area contributed by atoms with Gasteiger partial charge in [-0.05, 0) is 43.4 Å². The highest BCUT2D eigenvalue weighted by atomic mass is 32.2. The van der Waals surface area contributed by atoms with Crippen molar-refractivity contribution in [3.8, 4) is 16.9 Å². The maximum atomic E-state index is 12.5. The lowest BCUT2D eigenvalue weighted by Crippen LogP contribution is -2.19. The molecule has 1 aliphatic rings. The first-order valence-electron chi connectivity index (χ1n) is 9.47. The molecule has 1 unspecified atom stereocenters. The number of benzene rings is 1. The third kappa shape index (κ3) is 3.79. The monoisotopic (exact) mass is 416 g/mol. The zero-order valence-electron chi connectivity index (χ0n) is 16.6. The molecule has 2 N–H and O–H groups in total. The van der Waals surface area contributed by atoms with Crippen LogP contribution in [0, 0.1) is 5.92 Å². The molecular formula is C20H24N4O4S. The number of nitrogens with two attached hydrogens (primary N) is 1. The molecule has 4 rings (SSSR count). The Kier molecular flexibility index (Phi) is 4.74. The molecule has 0 aliphatic heterocycles. The van der Waals surface area contributed by atoms with Gasteiger partial charge in [-0.15, -0.1) is 0 Å². The second-order valence-electron chi connectivity index (χ2n) is 7.77. The topological polar surface area (TPSA) is 109 Å². The van der Waals surface area contributed by atoms with Gasteiger partial charge in [0.25, 0.3) is 5.56 Å². The lowest BCUT2D eigenvalue weighted by Gasteiger charge is -2.16. The fourth-order valence-electron chi connectivity index (χ4n) is 3.36. The molecule has 2 aromatic heterocycles. The van der Waals surface area contributed by atoms with E-state index in [1.54, 1.807) is 56.3 Å². The molecule has 1 atom stereocenters. The van der Waals surface area contributed by atoms with Crippen LogP contribution >= 0.6 is 0 Å². The van der Waals surface area contributed by atoms with Gasteiger partial charge in [-0.2, -0.15) is 5.10 Å². The molecular weight excluding hydrogens is 392 g/mol. The number of ether oxygens (including phenoxy) is 1. The van der Waals surface area contributed by atoms with Gasteiger partial charge in [0.15, 0.2) is 0 Å². The lowest BCUT2D eigenvalue weighted by atomic mass is 10.0. The molecule has 1 fully saturated rings. The summed E-state index contributed by atoms with van der Waals surface area (Å²) < 4.78 is 32.9. The quantitative estimate of drug-likeness (QED) is 0.662. The van der Waals surface area contributed by atoms with Gasteiger partial charge in [0.2, 0.25) is 10.0 Å². The average molecular weight is 417 g/mol. The molecule has 154 valence electrons. The highest BCUT2D eigenvalue weighted by Crippen LogP contribution is 2.38. The van der Waals surface area contributed by atoms with Crippen molar-refractivity contribution in [2.45, 2.75) is 25.0 Å². The summed E-state index contributed by atoms with van der Waals surface area (Å²) in [5, 5.41) is 9.45. The van der Waals surface area contributed by atoms with Gasteiger partial charge in [0, 0.05) is 37.6 Å². The molecule has 0 spiro atoms. The molecule has 8 nitrogen and oxygen atoms in total. The van der Waals surface area contributed by atoms with Crippen LogP contribution in [0.3, 0.4) is 0 Å². The summed E-state index contributed by atoms with van der Waals surface area (Å²) in [6.07, 6.45) is 5.70. The van der Waals surface area contributed by atoms with Crippen molar-refractivity contribution in [2.75, 3.05) is 6.61 Å². The van der Waals surface area contributed by atoms with Gasteiger partial charge in [-0.25, -0.2) is 13.6 Å². The van der Waals surface area contributed by atoms with Crippen molar-refractivity contribution in [2.24, 2.45) is 25.2 Å². The van der Waals surface area contributed by atoms with E-state index in [1.807, 2.05) is 0 Å². The van der Waals surface area contributed by atoms with Gasteiger partial charge in [0.05, 0.1) is 17.2 Å². The average Bonchev–Trinajstić information content (AvgIpc) is 3.41. The molecule has 3 aromatic rings. The maximum Gasteiger partial charge on any atom is 0.261 e. The number of hydrogen-bond acceptors (Lipinski definition) is 5. The number of primary sulfonamides is 1. The molecule has 2 heterocycles. The molecule has 0 saturated heterocycles. The SMILES string of the molecule is CC(c1ccc(OCC2CC2)c(-c2cn(C)c(=O)c3cn(C)nc23)c1)S(N)(=O)=O. The number of aromatic nitrogens is 3. The molecule has 1 aromatic carbocycles. The Morgan fingerprint density at radius 2 is 1.97 bits per heavy atom. The van der Waals surface area contributed by atoms with Crippen molar-refractivity contribution >= 4 is 20.9 Å². The first-order valence-corrected chi connectivity index (χ1v) is 11.1. The van der Waals surface area contributed by atoms with E-state index in [4.69, 9.17) is 9.88 Å². The van der Waals surface area contributed by atoms with E-state index in [1.165, 1.54) is 4.57 Å². The van der Waals surface area contributed by atoms with E-state index in [0.29, 0.717) is 45.9 Å². The van der Waals surface area contributed by atoms with Gasteiger partial charge in [-0.1, -0.05) is 6.07 Å². The van der Waals surface area contributed by atoms with E-state index >= 15 is 0 Å². The van der Waals surface area contributed by atoms with Crippen molar-refractivity contribution in [1.82, 2.24) is 14.3 Å². The Morgan fingerprint density at radius 1 is 1.24 bits per heavy atom. The standard InChI is InChI=1S/C20H24N4O4S/c1-12(29(21,26)27)14-6-7-18(28-11-13-4-5-13)15(8-14)16-9-23(2)20(25)17-10-24(3)22-19(16)17/h6-10,12-13H,4-5,11H2,1-3H3,(H2,21,26,27). The van der Waals surface area contributed by atoms with E-state index in [2.05, 4.69) is 5.10 Å². The zero-order valence-corrected chi connectivity index (χ0v) is 17.4. The minimum Gasteiger partial charge on any atom is -0.493 e. The highest BCUT2D eigenvalue weighted by molar-refractivity contribution is 7.89. The summed E-state index contributed by atoms with van der Waals surface area (Å²) in [6, 6.07) is 5.26. The molecule has 29 heavy (non-hydrogen) atoms. The van der Waals surface area contributed by atoms with Crippen LogP contribution in [0.25, 0.3) is 22.0 Å². The molecule has 1 saturated carbocycles. The van der Waals surface area contributed by atoms with Crippen molar-refractivity contribution in [3.05, 3.63) is 46.5 Å². The number of fused-ring (bicyclic) bond motifs is 1. The molecule has 9 heteroatoms. The van der Waals surface area contributed by atoms with Gasteiger partial charge < -0.3 is 9.30 Å². The summed E-state index contributed by atoms with van der Waals surface area (Å²) >= 11 is 0. The van der Waals surface area contributed by atoms with Crippen LogP contribution in [0.2, 0.25) is 0 Å². The molecule has 0 amide bonds. The van der Waals surface area contributed by atoms with Crippen LogP contribution in [0.4, 0.5) is 0 Å². The molecule has 0 bridgehead atoms. The number of hydrogen-bond donors (Lipinski definition) is 1. The minimum atomic E-state index is -3.75.